The van der Waals surface area contributed by atoms with Gasteiger partial charge in [0.25, 0.3) is 0 Å². The Kier molecular flexibility index (Phi) is 6.52. The van der Waals surface area contributed by atoms with E-state index in [4.69, 9.17) is 11.6 Å². The number of hydrogen-bond donors (Lipinski definition) is 1. The number of amides is 3. The summed E-state index contributed by atoms with van der Waals surface area (Å²) in [6.45, 7) is 2.55. The zero-order chi connectivity index (χ0) is 21.6. The topological polar surface area (TPSA) is 70.5 Å². The van der Waals surface area contributed by atoms with Gasteiger partial charge in [-0.15, -0.1) is 0 Å². The Morgan fingerprint density at radius 3 is 2.39 bits per heavy atom. The lowest BCUT2D eigenvalue weighted by molar-refractivity contribution is -0.131. The molecule has 4 rings (SSSR count). The Morgan fingerprint density at radius 2 is 1.68 bits per heavy atom. The molecule has 1 aliphatic heterocycles. The average molecular weight is 438 g/mol. The lowest BCUT2D eigenvalue weighted by Crippen LogP contribution is -2.53. The van der Waals surface area contributed by atoms with E-state index in [1.165, 1.54) is 0 Å². The van der Waals surface area contributed by atoms with Crippen molar-refractivity contribution in [1.29, 1.82) is 0 Å². The van der Waals surface area contributed by atoms with Crippen molar-refractivity contribution in [1.82, 2.24) is 24.9 Å². The minimum absolute atomic E-state index is 0.0674. The van der Waals surface area contributed by atoms with Gasteiger partial charge in [-0.05, 0) is 41.5 Å². The third-order valence-electron chi connectivity index (χ3n) is 5.31. The van der Waals surface area contributed by atoms with Gasteiger partial charge in [0, 0.05) is 50.1 Å². The van der Waals surface area contributed by atoms with E-state index in [1.807, 2.05) is 53.6 Å². The van der Waals surface area contributed by atoms with E-state index in [0.29, 0.717) is 44.2 Å². The van der Waals surface area contributed by atoms with E-state index in [-0.39, 0.29) is 11.9 Å². The number of hydrogen-bond acceptors (Lipinski definition) is 3. The number of urea groups is 1. The van der Waals surface area contributed by atoms with Crippen LogP contribution in [-0.4, -0.2) is 57.7 Å². The molecule has 2 aromatic carbocycles. The molecule has 0 bridgehead atoms. The third kappa shape index (κ3) is 5.44. The summed E-state index contributed by atoms with van der Waals surface area (Å²) in [5, 5.41) is 7.86. The highest BCUT2D eigenvalue weighted by Gasteiger charge is 2.24. The summed E-state index contributed by atoms with van der Waals surface area (Å²) in [4.78, 5) is 28.7. The molecule has 3 aromatic rings. The average Bonchev–Trinajstić information content (AvgIpc) is 3.34. The number of halogens is 1. The van der Waals surface area contributed by atoms with Crippen LogP contribution in [0.1, 0.15) is 11.1 Å². The predicted octanol–water partition coefficient (Wildman–Crippen LogP) is 3.12. The molecular weight excluding hydrogens is 414 g/mol. The summed E-state index contributed by atoms with van der Waals surface area (Å²) in [6.07, 6.45) is 3.95. The smallest absolute Gasteiger partial charge is 0.317 e. The fourth-order valence-electron chi connectivity index (χ4n) is 3.57. The van der Waals surface area contributed by atoms with Gasteiger partial charge in [-0.3, -0.25) is 4.79 Å². The van der Waals surface area contributed by atoms with Gasteiger partial charge in [-0.25, -0.2) is 9.48 Å². The van der Waals surface area contributed by atoms with Gasteiger partial charge in [0.1, 0.15) is 0 Å². The molecule has 0 radical (unpaired) electrons. The van der Waals surface area contributed by atoms with Crippen molar-refractivity contribution in [2.45, 2.75) is 13.0 Å². The van der Waals surface area contributed by atoms with Gasteiger partial charge >= 0.3 is 6.03 Å². The second-order valence-electron chi connectivity index (χ2n) is 7.45. The Labute approximate surface area is 186 Å². The second kappa shape index (κ2) is 9.66. The first kappa shape index (κ1) is 20.9. The first-order chi connectivity index (χ1) is 15.1. The molecule has 1 fully saturated rings. The molecule has 0 unspecified atom stereocenters. The van der Waals surface area contributed by atoms with Crippen LogP contribution in [0.3, 0.4) is 0 Å². The van der Waals surface area contributed by atoms with Gasteiger partial charge in [0.15, 0.2) is 0 Å². The number of rotatable bonds is 5. The molecule has 31 heavy (non-hydrogen) atoms. The molecule has 0 aliphatic carbocycles. The second-order valence-corrected chi connectivity index (χ2v) is 7.89. The summed E-state index contributed by atoms with van der Waals surface area (Å²) < 4.78 is 1.78. The molecule has 7 nitrogen and oxygen atoms in total. The Balaban J connectivity index is 1.24. The third-order valence-corrected chi connectivity index (χ3v) is 5.56. The van der Waals surface area contributed by atoms with Crippen molar-refractivity contribution in [3.05, 3.63) is 83.1 Å². The molecule has 1 aromatic heterocycles. The molecule has 1 saturated heterocycles. The Hall–Kier alpha value is -3.32. The quantitative estimate of drug-likeness (QED) is 0.666. The molecule has 1 aliphatic rings. The van der Waals surface area contributed by atoms with Crippen LogP contribution < -0.4 is 5.32 Å². The summed E-state index contributed by atoms with van der Waals surface area (Å²) >= 11 is 5.90. The van der Waals surface area contributed by atoms with E-state index in [2.05, 4.69) is 10.4 Å². The normalized spacial score (nSPS) is 13.8. The zero-order valence-electron chi connectivity index (χ0n) is 17.1. The summed E-state index contributed by atoms with van der Waals surface area (Å²) in [6, 6.07) is 17.0. The van der Waals surface area contributed by atoms with Gasteiger partial charge in [0.2, 0.25) is 5.91 Å². The van der Waals surface area contributed by atoms with Crippen LogP contribution >= 0.6 is 11.6 Å². The zero-order valence-corrected chi connectivity index (χ0v) is 17.8. The first-order valence-electron chi connectivity index (χ1n) is 10.2. The molecular formula is C23H24ClN5O2. The molecule has 0 saturated carbocycles. The van der Waals surface area contributed by atoms with Crippen molar-refractivity contribution >= 4 is 23.5 Å². The van der Waals surface area contributed by atoms with Crippen LogP contribution in [-0.2, 0) is 17.8 Å². The van der Waals surface area contributed by atoms with E-state index < -0.39 is 0 Å². The SMILES string of the molecule is O=C(Cc1ccc(Cl)cc1)N1CCN(C(=O)NCc2cccc(-n3cccn3)c2)CC1. The van der Waals surface area contributed by atoms with Gasteiger partial charge in [0.05, 0.1) is 12.1 Å². The summed E-state index contributed by atoms with van der Waals surface area (Å²) in [5.41, 5.74) is 2.88. The van der Waals surface area contributed by atoms with E-state index in [9.17, 15) is 9.59 Å². The monoisotopic (exact) mass is 437 g/mol. The molecule has 160 valence electrons. The van der Waals surface area contributed by atoms with Crippen molar-refractivity contribution in [3.8, 4) is 5.69 Å². The molecule has 2 heterocycles. The Morgan fingerprint density at radius 1 is 0.935 bits per heavy atom. The maximum Gasteiger partial charge on any atom is 0.317 e. The van der Waals surface area contributed by atoms with Crippen molar-refractivity contribution < 1.29 is 9.59 Å². The number of carbonyl (C=O) groups excluding carboxylic acids is 2. The van der Waals surface area contributed by atoms with E-state index >= 15 is 0 Å². The van der Waals surface area contributed by atoms with Crippen LogP contribution in [0.25, 0.3) is 5.69 Å². The minimum Gasteiger partial charge on any atom is -0.339 e. The molecule has 0 atom stereocenters. The van der Waals surface area contributed by atoms with Crippen LogP contribution in [0.4, 0.5) is 4.79 Å². The highest BCUT2D eigenvalue weighted by Crippen LogP contribution is 2.13. The lowest BCUT2D eigenvalue weighted by atomic mass is 10.1. The van der Waals surface area contributed by atoms with E-state index in [0.717, 1.165) is 16.8 Å². The number of nitrogens with one attached hydrogen (secondary N) is 1. The standard InChI is InChI=1S/C23H24ClN5O2/c24-20-7-5-18(6-8-20)16-22(30)27-11-13-28(14-12-27)23(31)25-17-19-3-1-4-21(15-19)29-10-2-9-26-29/h1-10,15H,11-14,16-17H2,(H,25,31). The van der Waals surface area contributed by atoms with Crippen molar-refractivity contribution in [3.63, 3.8) is 0 Å². The number of nitrogens with zero attached hydrogens (tertiary/aromatic N) is 4. The fourth-order valence-corrected chi connectivity index (χ4v) is 3.69. The van der Waals surface area contributed by atoms with Crippen LogP contribution in [0.2, 0.25) is 5.02 Å². The maximum atomic E-state index is 12.6. The number of benzene rings is 2. The fraction of sp³-hybridized carbons (Fsp3) is 0.261. The minimum atomic E-state index is -0.116. The molecule has 0 spiro atoms. The van der Waals surface area contributed by atoms with Crippen molar-refractivity contribution in [2.24, 2.45) is 0 Å². The van der Waals surface area contributed by atoms with Gasteiger partial charge in [-0.2, -0.15) is 5.10 Å². The highest BCUT2D eigenvalue weighted by molar-refractivity contribution is 6.30. The Bertz CT molecular complexity index is 1030. The molecule has 8 heteroatoms. The van der Waals surface area contributed by atoms with E-state index in [1.54, 1.807) is 27.9 Å². The maximum absolute atomic E-state index is 12.6. The first-order valence-corrected chi connectivity index (χ1v) is 10.6. The predicted molar refractivity (Wildman–Crippen MR) is 119 cm³/mol. The van der Waals surface area contributed by atoms with Crippen LogP contribution in [0, 0.1) is 0 Å². The number of carbonyl (C=O) groups is 2. The van der Waals surface area contributed by atoms with Gasteiger partial charge < -0.3 is 15.1 Å². The molecule has 1 N–H and O–H groups in total. The molecule has 3 amide bonds. The largest absolute Gasteiger partial charge is 0.339 e. The van der Waals surface area contributed by atoms with Crippen LogP contribution in [0.5, 0.6) is 0 Å². The number of aromatic nitrogens is 2. The lowest BCUT2D eigenvalue weighted by Gasteiger charge is -2.34. The number of piperazine rings is 1. The van der Waals surface area contributed by atoms with Crippen LogP contribution in [0.15, 0.2) is 67.0 Å². The summed E-state index contributed by atoms with van der Waals surface area (Å²) in [7, 11) is 0. The van der Waals surface area contributed by atoms with Crippen molar-refractivity contribution in [2.75, 3.05) is 26.2 Å². The van der Waals surface area contributed by atoms with Gasteiger partial charge in [-0.1, -0.05) is 35.9 Å². The highest BCUT2D eigenvalue weighted by atomic mass is 35.5. The summed E-state index contributed by atoms with van der Waals surface area (Å²) in [5.74, 6) is 0.0674.